The normalized spacial score (nSPS) is 13.4. The monoisotopic (exact) mass is 662 g/mol. The van der Waals surface area contributed by atoms with Gasteiger partial charge < -0.3 is 14.8 Å². The molecule has 0 saturated carbocycles. The Bertz CT molecular complexity index is 1950. The predicted molar refractivity (Wildman–Crippen MR) is 165 cm³/mol. The van der Waals surface area contributed by atoms with Crippen LogP contribution in [0.3, 0.4) is 0 Å². The number of benzene rings is 3. The van der Waals surface area contributed by atoms with Crippen LogP contribution in [0.1, 0.15) is 52.3 Å². The third kappa shape index (κ3) is 7.97. The third-order valence-electron chi connectivity index (χ3n) is 7.59. The average molecular weight is 663 g/mol. The van der Waals surface area contributed by atoms with Crippen LogP contribution in [0.5, 0.6) is 5.75 Å². The van der Waals surface area contributed by atoms with Gasteiger partial charge in [0.1, 0.15) is 5.82 Å². The van der Waals surface area contributed by atoms with Crippen molar-refractivity contribution in [3.8, 4) is 16.9 Å². The summed E-state index contributed by atoms with van der Waals surface area (Å²) in [6.07, 6.45) is -4.62. The Hall–Kier alpha value is -4.78. The quantitative estimate of drug-likeness (QED) is 0.107. The lowest BCUT2D eigenvalue weighted by Crippen LogP contribution is -2.45. The minimum atomic E-state index is -5.01. The van der Waals surface area contributed by atoms with Crippen molar-refractivity contribution in [3.63, 3.8) is 0 Å². The molecule has 4 rings (SSSR count). The molecule has 0 spiro atoms. The molecule has 8 nitrogen and oxygen atoms in total. The molecule has 0 bridgehead atoms. The molecule has 1 aromatic heterocycles. The van der Waals surface area contributed by atoms with Crippen molar-refractivity contribution in [1.82, 2.24) is 14.5 Å². The van der Waals surface area contributed by atoms with Gasteiger partial charge in [-0.2, -0.15) is 13.2 Å². The van der Waals surface area contributed by atoms with Crippen molar-refractivity contribution in [1.29, 1.82) is 0 Å². The molecular formula is C34H34F5N3O5. The molecule has 250 valence electrons. The number of methoxy groups -OCH3 is 1. The van der Waals surface area contributed by atoms with E-state index in [2.05, 4.69) is 5.32 Å². The highest BCUT2D eigenvalue weighted by atomic mass is 19.4. The van der Waals surface area contributed by atoms with Gasteiger partial charge in [-0.25, -0.2) is 13.6 Å². The summed E-state index contributed by atoms with van der Waals surface area (Å²) >= 11 is 0. The molecule has 0 amide bonds. The van der Waals surface area contributed by atoms with Crippen LogP contribution in [0.25, 0.3) is 11.1 Å². The van der Waals surface area contributed by atoms with E-state index in [4.69, 9.17) is 13.6 Å². The zero-order chi connectivity index (χ0) is 36.8. The van der Waals surface area contributed by atoms with Gasteiger partial charge in [0.05, 0.1) is 48.0 Å². The van der Waals surface area contributed by atoms with Crippen molar-refractivity contribution in [2.75, 3.05) is 20.2 Å². The first-order valence-electron chi connectivity index (χ1n) is 16.1. The smallest absolute Gasteiger partial charge is 0.416 e. The lowest BCUT2D eigenvalue weighted by atomic mass is 10.0. The van der Waals surface area contributed by atoms with E-state index < -0.39 is 89.2 Å². The van der Waals surface area contributed by atoms with Crippen molar-refractivity contribution in [3.05, 3.63) is 122 Å². The average Bonchev–Trinajstić information content (AvgIpc) is 3.04. The third-order valence-corrected chi connectivity index (χ3v) is 7.59. The van der Waals surface area contributed by atoms with E-state index in [0.29, 0.717) is 22.6 Å². The van der Waals surface area contributed by atoms with Crippen molar-refractivity contribution >= 4 is 5.97 Å². The summed E-state index contributed by atoms with van der Waals surface area (Å²) in [5.74, 6) is -3.72. The number of halogens is 5. The van der Waals surface area contributed by atoms with Crippen LogP contribution in [0.4, 0.5) is 22.0 Å². The van der Waals surface area contributed by atoms with E-state index >= 15 is 8.78 Å². The number of aromatic nitrogens is 2. The summed E-state index contributed by atoms with van der Waals surface area (Å²) in [6, 6.07) is 13.4. The maximum absolute atomic E-state index is 15.9. The molecule has 0 aliphatic rings. The Labute approximate surface area is 271 Å². The number of esters is 1. The highest BCUT2D eigenvalue weighted by molar-refractivity contribution is 5.69. The Balaban J connectivity index is 1.93. The molecule has 3 aromatic carbocycles. The number of ether oxygens (including phenoxy) is 2. The fraction of sp³-hybridized carbons (Fsp3) is 0.324. The molecule has 0 saturated heterocycles. The number of rotatable bonds is 13. The lowest BCUT2D eigenvalue weighted by Gasteiger charge is -2.24. The first-order valence-corrected chi connectivity index (χ1v) is 14.6. The van der Waals surface area contributed by atoms with Crippen LogP contribution in [-0.2, 0) is 28.8 Å². The number of alkyl halides is 3. The fourth-order valence-electron chi connectivity index (χ4n) is 5.28. The van der Waals surface area contributed by atoms with Gasteiger partial charge in [-0.05, 0) is 50.6 Å². The van der Waals surface area contributed by atoms with E-state index in [1.54, 1.807) is 37.3 Å². The zero-order valence-electron chi connectivity index (χ0n) is 28.5. The van der Waals surface area contributed by atoms with E-state index in [9.17, 15) is 27.6 Å². The molecule has 0 unspecified atom stereocenters. The number of hydrogen-bond donors (Lipinski definition) is 1. The van der Waals surface area contributed by atoms with Crippen LogP contribution < -0.4 is 21.3 Å². The molecule has 13 heteroatoms. The van der Waals surface area contributed by atoms with Crippen molar-refractivity contribution < 1.29 is 40.3 Å². The number of nitrogens with zero attached hydrogens (tertiary/aromatic N) is 2. The van der Waals surface area contributed by atoms with Crippen LogP contribution in [0.15, 0.2) is 76.3 Å². The lowest BCUT2D eigenvalue weighted by molar-refractivity contribution is -0.143. The summed E-state index contributed by atoms with van der Waals surface area (Å²) in [5.41, 5.74) is -5.11. The minimum absolute atomic E-state index is 0.0713. The van der Waals surface area contributed by atoms with Gasteiger partial charge >= 0.3 is 17.8 Å². The number of carbonyl (C=O) groups excluding carboxylic acids is 1. The highest BCUT2D eigenvalue weighted by Crippen LogP contribution is 2.34. The first-order chi connectivity index (χ1) is 23.5. The number of carbonyl (C=O) groups is 1. The van der Waals surface area contributed by atoms with Gasteiger partial charge in [0.15, 0.2) is 11.6 Å². The topological polar surface area (TPSA) is 91.6 Å². The molecule has 0 radical (unpaired) electrons. The SMILES string of the molecule is [2H]C([2H])([2H])Oc1cccc(-c2c(C)n(Cc3c(F)cccc3C(F)(F)F)c(=O)n(C[C@H](NCCCC(=O)OCC)c3ccccc3)c2=O)c1F. The molecule has 47 heavy (non-hydrogen) atoms. The molecular weight excluding hydrogens is 625 g/mol. The standard InChI is InChI=1S/C34H34F5N3O5/c1-4-47-29(43)17-10-18-40-27(22-11-6-5-7-12-22)20-42-32(44)30(23-13-8-16-28(46-3)31(23)36)21(2)41(33(42)45)19-24-25(34(37,38)39)14-9-15-26(24)35/h5-9,11-16,27,40H,4,10,17-20H2,1-3H3/t27-/m0/s1/i3D3. The minimum Gasteiger partial charge on any atom is -0.494 e. The Morgan fingerprint density at radius 2 is 1.72 bits per heavy atom. The van der Waals surface area contributed by atoms with Crippen LogP contribution in [0.2, 0.25) is 0 Å². The zero-order valence-corrected chi connectivity index (χ0v) is 25.5. The van der Waals surface area contributed by atoms with Crippen molar-refractivity contribution in [2.24, 2.45) is 0 Å². The van der Waals surface area contributed by atoms with Gasteiger partial charge in [-0.3, -0.25) is 18.7 Å². The van der Waals surface area contributed by atoms with Gasteiger partial charge in [-0.1, -0.05) is 48.5 Å². The van der Waals surface area contributed by atoms with Gasteiger partial charge in [-0.15, -0.1) is 0 Å². The summed E-state index contributed by atoms with van der Waals surface area (Å²) in [5, 5.41) is 3.18. The van der Waals surface area contributed by atoms with Crippen LogP contribution in [-0.4, -0.2) is 35.3 Å². The number of hydrogen-bond acceptors (Lipinski definition) is 6. The largest absolute Gasteiger partial charge is 0.494 e. The van der Waals surface area contributed by atoms with Gasteiger partial charge in [0.2, 0.25) is 0 Å². The Morgan fingerprint density at radius 3 is 2.40 bits per heavy atom. The van der Waals surface area contributed by atoms with E-state index in [1.807, 2.05) is 0 Å². The predicted octanol–water partition coefficient (Wildman–Crippen LogP) is 6.01. The highest BCUT2D eigenvalue weighted by Gasteiger charge is 2.35. The fourth-order valence-corrected chi connectivity index (χ4v) is 5.28. The van der Waals surface area contributed by atoms with E-state index in [1.165, 1.54) is 13.0 Å². The number of nitrogens with one attached hydrogen (secondary N) is 1. The van der Waals surface area contributed by atoms with Crippen LogP contribution in [0, 0.1) is 18.6 Å². The van der Waals surface area contributed by atoms with E-state index in [0.717, 1.165) is 28.8 Å². The first kappa shape index (κ1) is 30.9. The summed E-state index contributed by atoms with van der Waals surface area (Å²) < 4.78 is 106. The van der Waals surface area contributed by atoms with E-state index in [-0.39, 0.29) is 25.3 Å². The molecule has 1 atom stereocenters. The summed E-state index contributed by atoms with van der Waals surface area (Å²) in [4.78, 5) is 40.2. The second-order valence-corrected chi connectivity index (χ2v) is 10.6. The molecule has 1 N–H and O–H groups in total. The van der Waals surface area contributed by atoms with Crippen LogP contribution >= 0.6 is 0 Å². The Kier molecular flexibility index (Phi) is 9.98. The molecule has 1 heterocycles. The van der Waals surface area contributed by atoms with Gasteiger partial charge in [0.25, 0.3) is 5.56 Å². The maximum Gasteiger partial charge on any atom is 0.416 e. The summed E-state index contributed by atoms with van der Waals surface area (Å²) in [6.45, 7) is 1.86. The molecule has 0 aliphatic carbocycles. The summed E-state index contributed by atoms with van der Waals surface area (Å²) in [7, 11) is -3.08. The van der Waals surface area contributed by atoms with Crippen molar-refractivity contribution in [2.45, 2.75) is 52.0 Å². The second kappa shape index (κ2) is 15.2. The molecule has 0 aliphatic heterocycles. The maximum atomic E-state index is 15.9. The second-order valence-electron chi connectivity index (χ2n) is 10.6. The molecule has 4 aromatic rings. The molecule has 0 fully saturated rings. The van der Waals surface area contributed by atoms with Gasteiger partial charge in [0, 0.05) is 23.2 Å². The Morgan fingerprint density at radius 1 is 1.00 bits per heavy atom.